The average molecular weight is 350 g/mol. The summed E-state index contributed by atoms with van der Waals surface area (Å²) in [4.78, 5) is 20.8. The van der Waals surface area contributed by atoms with Crippen LogP contribution in [0.1, 0.15) is 6.92 Å². The maximum absolute atomic E-state index is 11.4. The van der Waals surface area contributed by atoms with E-state index in [1.54, 1.807) is 18.1 Å². The quantitative estimate of drug-likeness (QED) is 0.355. The molecule has 0 radical (unpaired) electrons. The fourth-order valence-electron chi connectivity index (χ4n) is 2.05. The first-order chi connectivity index (χ1) is 10.4. The Balaban J connectivity index is 2.44. The Bertz CT molecular complexity index is 562. The molecule has 0 unspecified atom stereocenters. The smallest absolute Gasteiger partial charge is 0.373 e. The van der Waals surface area contributed by atoms with E-state index in [1.807, 2.05) is 0 Å². The number of hydrogen-bond acceptors (Lipinski definition) is 9. The lowest BCUT2D eigenvalue weighted by Crippen LogP contribution is -2.39. The Hall–Kier alpha value is -1.30. The van der Waals surface area contributed by atoms with Crippen LogP contribution in [0.25, 0.3) is 0 Å². The topological polar surface area (TPSA) is 122 Å². The van der Waals surface area contributed by atoms with Crippen LogP contribution in [-0.2, 0) is 0 Å². The Morgan fingerprint density at radius 3 is 2.55 bits per heavy atom. The molecule has 2 heterocycles. The molecular weight excluding hydrogens is 332 g/mol. The van der Waals surface area contributed by atoms with Crippen LogP contribution in [0.15, 0.2) is 5.16 Å². The van der Waals surface area contributed by atoms with E-state index in [9.17, 15) is 19.2 Å². The van der Waals surface area contributed by atoms with Gasteiger partial charge in [-0.1, -0.05) is 11.8 Å². The summed E-state index contributed by atoms with van der Waals surface area (Å²) in [5, 5.41) is 11.8. The van der Waals surface area contributed by atoms with Crippen LogP contribution in [0.4, 0.5) is 11.5 Å². The largest absolute Gasteiger partial charge is 0.473 e. The zero-order chi connectivity index (χ0) is 16.3. The standard InChI is InChI=1S/C11H18N4O5S2/c1-3-20-10-8(15(16)17)9(12-11(13-10)21-2)14-4-6-22(18,19)7-5-14/h18-19H,3-7H2,1-2H3. The van der Waals surface area contributed by atoms with Crippen molar-refractivity contribution in [2.45, 2.75) is 12.1 Å². The van der Waals surface area contributed by atoms with Crippen LogP contribution >= 0.6 is 22.4 Å². The van der Waals surface area contributed by atoms with Crippen molar-refractivity contribution in [3.63, 3.8) is 0 Å². The molecule has 2 N–H and O–H groups in total. The molecule has 1 aliphatic rings. The van der Waals surface area contributed by atoms with E-state index >= 15 is 0 Å². The molecule has 1 fully saturated rings. The molecule has 1 aliphatic heterocycles. The average Bonchev–Trinajstić information content (AvgIpc) is 2.46. The molecule has 1 aromatic heterocycles. The predicted octanol–water partition coefficient (Wildman–Crippen LogP) is 2.08. The molecule has 22 heavy (non-hydrogen) atoms. The van der Waals surface area contributed by atoms with Gasteiger partial charge in [-0.2, -0.15) is 20.6 Å². The summed E-state index contributed by atoms with van der Waals surface area (Å²) in [6.07, 6.45) is 1.77. The lowest BCUT2D eigenvalue weighted by Gasteiger charge is -2.41. The summed E-state index contributed by atoms with van der Waals surface area (Å²) in [7, 11) is -2.58. The Labute approximate surface area is 133 Å². The van der Waals surface area contributed by atoms with Gasteiger partial charge in [0.1, 0.15) is 0 Å². The molecule has 0 amide bonds. The highest BCUT2D eigenvalue weighted by molar-refractivity contribution is 8.24. The van der Waals surface area contributed by atoms with E-state index in [0.29, 0.717) is 18.2 Å². The maximum Gasteiger partial charge on any atom is 0.373 e. The van der Waals surface area contributed by atoms with Gasteiger partial charge < -0.3 is 9.64 Å². The van der Waals surface area contributed by atoms with Crippen LogP contribution in [0.3, 0.4) is 0 Å². The monoisotopic (exact) mass is 350 g/mol. The van der Waals surface area contributed by atoms with Crippen molar-refractivity contribution in [3.8, 4) is 5.88 Å². The zero-order valence-electron chi connectivity index (χ0n) is 12.3. The first kappa shape index (κ1) is 17.1. The number of ether oxygens (including phenoxy) is 1. The van der Waals surface area contributed by atoms with Crippen LogP contribution in [-0.4, -0.2) is 61.5 Å². The summed E-state index contributed by atoms with van der Waals surface area (Å²) in [5.74, 6) is 0.459. The number of nitro groups is 1. The lowest BCUT2D eigenvalue weighted by molar-refractivity contribution is -0.385. The van der Waals surface area contributed by atoms with Gasteiger partial charge in [0, 0.05) is 13.1 Å². The van der Waals surface area contributed by atoms with E-state index in [-0.39, 0.29) is 35.5 Å². The molecule has 0 spiro atoms. The third kappa shape index (κ3) is 3.72. The molecule has 1 aromatic rings. The molecule has 0 aromatic carbocycles. The van der Waals surface area contributed by atoms with Gasteiger partial charge in [0.05, 0.1) is 23.0 Å². The van der Waals surface area contributed by atoms with Crippen molar-refractivity contribution in [3.05, 3.63) is 10.1 Å². The fourth-order valence-corrected chi connectivity index (χ4v) is 3.63. The van der Waals surface area contributed by atoms with Crippen LogP contribution in [0.2, 0.25) is 0 Å². The number of aromatic nitrogens is 2. The number of hydrogen-bond donors (Lipinski definition) is 2. The molecule has 1 saturated heterocycles. The minimum Gasteiger partial charge on any atom is -0.473 e. The van der Waals surface area contributed by atoms with Crippen molar-refractivity contribution in [1.82, 2.24) is 9.97 Å². The van der Waals surface area contributed by atoms with E-state index < -0.39 is 15.5 Å². The summed E-state index contributed by atoms with van der Waals surface area (Å²) in [6.45, 7) is 2.56. The van der Waals surface area contributed by atoms with Gasteiger partial charge in [-0.3, -0.25) is 19.2 Å². The molecule has 11 heteroatoms. The minimum absolute atomic E-state index is 0.0565. The first-order valence-corrected chi connectivity index (χ1v) is 9.70. The molecular formula is C11H18N4O5S2. The number of nitrogens with zero attached hydrogens (tertiary/aromatic N) is 4. The lowest BCUT2D eigenvalue weighted by atomic mass is 10.4. The van der Waals surface area contributed by atoms with Crippen molar-refractivity contribution < 1.29 is 18.8 Å². The van der Waals surface area contributed by atoms with Gasteiger partial charge in [-0.15, -0.1) is 0 Å². The van der Waals surface area contributed by atoms with E-state index in [1.165, 1.54) is 11.8 Å². The molecule has 0 saturated carbocycles. The second-order valence-electron chi connectivity index (χ2n) is 4.58. The zero-order valence-corrected chi connectivity index (χ0v) is 13.9. The van der Waals surface area contributed by atoms with E-state index in [2.05, 4.69) is 9.97 Å². The highest BCUT2D eigenvalue weighted by Gasteiger charge is 2.33. The Kier molecular flexibility index (Phi) is 5.32. The molecule has 2 rings (SSSR count). The Morgan fingerprint density at radius 1 is 1.41 bits per heavy atom. The Morgan fingerprint density at radius 2 is 2.05 bits per heavy atom. The molecule has 0 aliphatic carbocycles. The number of thioether (sulfide) groups is 1. The normalized spacial score (nSPS) is 18.8. The fraction of sp³-hybridized carbons (Fsp3) is 0.636. The predicted molar refractivity (Wildman–Crippen MR) is 86.4 cm³/mol. The molecule has 0 atom stereocenters. The second-order valence-corrected chi connectivity index (χ2v) is 7.77. The van der Waals surface area contributed by atoms with Crippen LogP contribution in [0, 0.1) is 10.1 Å². The highest BCUT2D eigenvalue weighted by Crippen LogP contribution is 2.43. The number of anilines is 1. The SMILES string of the molecule is CCOc1nc(SC)nc(N2CCS(O)(O)CC2)c1[N+](=O)[O-]. The van der Waals surface area contributed by atoms with Gasteiger partial charge in [-0.25, -0.2) is 0 Å². The van der Waals surface area contributed by atoms with Crippen molar-refractivity contribution >= 4 is 33.9 Å². The first-order valence-electron chi connectivity index (χ1n) is 6.59. The molecule has 9 nitrogen and oxygen atoms in total. The molecule has 124 valence electrons. The van der Waals surface area contributed by atoms with Crippen molar-refractivity contribution in [2.75, 3.05) is 42.4 Å². The molecule has 0 bridgehead atoms. The maximum atomic E-state index is 11.4. The van der Waals surface area contributed by atoms with E-state index in [0.717, 1.165) is 0 Å². The summed E-state index contributed by atoms with van der Waals surface area (Å²) in [6, 6.07) is 0. The van der Waals surface area contributed by atoms with Crippen molar-refractivity contribution in [1.29, 1.82) is 0 Å². The van der Waals surface area contributed by atoms with Crippen LogP contribution in [0.5, 0.6) is 5.88 Å². The second kappa shape index (κ2) is 6.86. The van der Waals surface area contributed by atoms with Crippen LogP contribution < -0.4 is 9.64 Å². The van der Waals surface area contributed by atoms with Gasteiger partial charge in [0.2, 0.25) is 5.82 Å². The van der Waals surface area contributed by atoms with Gasteiger partial charge in [-0.05, 0) is 13.2 Å². The van der Waals surface area contributed by atoms with Gasteiger partial charge in [0.15, 0.2) is 5.16 Å². The van der Waals surface area contributed by atoms with Gasteiger partial charge in [0.25, 0.3) is 0 Å². The van der Waals surface area contributed by atoms with Crippen molar-refractivity contribution in [2.24, 2.45) is 0 Å². The van der Waals surface area contributed by atoms with Gasteiger partial charge >= 0.3 is 11.6 Å². The van der Waals surface area contributed by atoms with E-state index in [4.69, 9.17) is 4.74 Å². The third-order valence-electron chi connectivity index (χ3n) is 3.14. The summed E-state index contributed by atoms with van der Waals surface area (Å²) < 4.78 is 24.6. The summed E-state index contributed by atoms with van der Waals surface area (Å²) >= 11 is 1.26. The third-order valence-corrected chi connectivity index (χ3v) is 5.36. The minimum atomic E-state index is -2.58. The highest BCUT2D eigenvalue weighted by atomic mass is 32.3. The number of rotatable bonds is 5. The summed E-state index contributed by atoms with van der Waals surface area (Å²) in [5.41, 5.74) is -0.280.